The van der Waals surface area contributed by atoms with E-state index >= 15 is 0 Å². The molecule has 0 radical (unpaired) electrons. The monoisotopic (exact) mass is 234 g/mol. The van der Waals surface area contributed by atoms with Crippen molar-refractivity contribution in [2.75, 3.05) is 18.9 Å². The van der Waals surface area contributed by atoms with Gasteiger partial charge in [-0.3, -0.25) is 4.79 Å². The second-order valence-corrected chi connectivity index (χ2v) is 4.45. The molecule has 90 valence electrons. The molecule has 2 N–H and O–H groups in total. The molecule has 1 aromatic heterocycles. The summed E-state index contributed by atoms with van der Waals surface area (Å²) < 4.78 is 5.24. The molecule has 2 aliphatic rings. The van der Waals surface area contributed by atoms with Crippen LogP contribution in [-0.4, -0.2) is 34.0 Å². The zero-order valence-corrected chi connectivity index (χ0v) is 9.43. The molecular formula is C11H14N4O2. The number of rotatable bonds is 1. The molecule has 0 aromatic carbocycles. The molecule has 2 aliphatic heterocycles. The molecule has 1 amide bonds. The van der Waals surface area contributed by atoms with Gasteiger partial charge in [0, 0.05) is 24.9 Å². The van der Waals surface area contributed by atoms with Gasteiger partial charge in [-0.15, -0.1) is 0 Å². The van der Waals surface area contributed by atoms with Crippen LogP contribution in [0.5, 0.6) is 0 Å². The van der Waals surface area contributed by atoms with Crippen LogP contribution in [0.3, 0.4) is 0 Å². The van der Waals surface area contributed by atoms with E-state index in [4.69, 9.17) is 10.5 Å². The number of carbonyl (C=O) groups excluding carboxylic acids is 1. The van der Waals surface area contributed by atoms with Crippen LogP contribution in [0.4, 0.5) is 5.95 Å². The van der Waals surface area contributed by atoms with Crippen molar-refractivity contribution in [1.29, 1.82) is 0 Å². The summed E-state index contributed by atoms with van der Waals surface area (Å²) in [4.78, 5) is 22.1. The van der Waals surface area contributed by atoms with E-state index in [1.165, 1.54) is 0 Å². The number of amides is 1. The molecule has 1 saturated heterocycles. The van der Waals surface area contributed by atoms with Gasteiger partial charge in [0.25, 0.3) is 0 Å². The Morgan fingerprint density at radius 3 is 3.18 bits per heavy atom. The maximum atomic E-state index is 12.2. The first-order chi connectivity index (χ1) is 8.24. The van der Waals surface area contributed by atoms with Crippen molar-refractivity contribution in [2.24, 2.45) is 5.92 Å². The SMILES string of the molecule is Nc1ncc2c(n1)CN(C(=O)C1CCOC1)C2. The minimum Gasteiger partial charge on any atom is -0.381 e. The number of nitrogen functional groups attached to an aromatic ring is 1. The van der Waals surface area contributed by atoms with E-state index in [1.807, 2.05) is 0 Å². The summed E-state index contributed by atoms with van der Waals surface area (Å²) in [5.74, 6) is 0.427. The van der Waals surface area contributed by atoms with E-state index < -0.39 is 0 Å². The first kappa shape index (κ1) is 10.5. The van der Waals surface area contributed by atoms with Crippen molar-refractivity contribution in [2.45, 2.75) is 19.5 Å². The van der Waals surface area contributed by atoms with Crippen LogP contribution in [0.25, 0.3) is 0 Å². The van der Waals surface area contributed by atoms with Gasteiger partial charge in [0.05, 0.1) is 24.8 Å². The maximum Gasteiger partial charge on any atom is 0.228 e. The molecule has 6 nitrogen and oxygen atoms in total. The quantitative estimate of drug-likeness (QED) is 0.736. The van der Waals surface area contributed by atoms with E-state index in [0.717, 1.165) is 17.7 Å². The zero-order valence-electron chi connectivity index (χ0n) is 9.43. The minimum absolute atomic E-state index is 0.00891. The van der Waals surface area contributed by atoms with E-state index in [1.54, 1.807) is 11.1 Å². The van der Waals surface area contributed by atoms with E-state index in [0.29, 0.717) is 26.3 Å². The molecule has 0 bridgehead atoms. The summed E-state index contributed by atoms with van der Waals surface area (Å²) in [6, 6.07) is 0. The fourth-order valence-corrected chi connectivity index (χ4v) is 2.31. The smallest absolute Gasteiger partial charge is 0.228 e. The lowest BCUT2D eigenvalue weighted by atomic mass is 10.1. The fourth-order valence-electron chi connectivity index (χ4n) is 2.31. The molecule has 3 rings (SSSR count). The third-order valence-electron chi connectivity index (χ3n) is 3.27. The van der Waals surface area contributed by atoms with Gasteiger partial charge < -0.3 is 15.4 Å². The number of carbonyl (C=O) groups is 1. The van der Waals surface area contributed by atoms with Crippen LogP contribution in [0.15, 0.2) is 6.20 Å². The van der Waals surface area contributed by atoms with Crippen LogP contribution < -0.4 is 5.73 Å². The molecule has 0 spiro atoms. The highest BCUT2D eigenvalue weighted by molar-refractivity contribution is 5.79. The van der Waals surface area contributed by atoms with E-state index in [-0.39, 0.29) is 17.8 Å². The molecule has 6 heteroatoms. The Kier molecular flexibility index (Phi) is 2.44. The number of nitrogens with two attached hydrogens (primary N) is 1. The Morgan fingerprint density at radius 2 is 2.41 bits per heavy atom. The topological polar surface area (TPSA) is 81.3 Å². The normalized spacial score (nSPS) is 22.8. The average Bonchev–Trinajstić information content (AvgIpc) is 2.96. The third kappa shape index (κ3) is 1.84. The second kappa shape index (κ2) is 3.96. The van der Waals surface area contributed by atoms with Gasteiger partial charge in [0.2, 0.25) is 11.9 Å². The molecule has 1 fully saturated rings. The fraction of sp³-hybridized carbons (Fsp3) is 0.545. The van der Waals surface area contributed by atoms with Crippen LogP contribution in [0.1, 0.15) is 17.7 Å². The molecular weight excluding hydrogens is 220 g/mol. The molecule has 0 saturated carbocycles. The largest absolute Gasteiger partial charge is 0.381 e. The molecule has 1 atom stereocenters. The zero-order chi connectivity index (χ0) is 11.8. The molecule has 1 aromatic rings. The lowest BCUT2D eigenvalue weighted by Gasteiger charge is -2.18. The molecule has 0 aliphatic carbocycles. The lowest BCUT2D eigenvalue weighted by Crippen LogP contribution is -2.32. The molecule has 3 heterocycles. The number of hydrogen-bond donors (Lipinski definition) is 1. The van der Waals surface area contributed by atoms with Crippen molar-refractivity contribution < 1.29 is 9.53 Å². The highest BCUT2D eigenvalue weighted by atomic mass is 16.5. The summed E-state index contributed by atoms with van der Waals surface area (Å²) in [5, 5.41) is 0. The highest BCUT2D eigenvalue weighted by Gasteiger charge is 2.32. The standard InChI is InChI=1S/C11H14N4O2/c12-11-13-3-8-4-15(5-9(8)14-11)10(16)7-1-2-17-6-7/h3,7H,1-2,4-6H2,(H2,12,13,14). The summed E-state index contributed by atoms with van der Waals surface area (Å²) in [6.45, 7) is 2.35. The van der Waals surface area contributed by atoms with Gasteiger partial charge in [-0.2, -0.15) is 0 Å². The Morgan fingerprint density at radius 1 is 1.53 bits per heavy atom. The Labute approximate surface area is 98.8 Å². The predicted molar refractivity (Wildman–Crippen MR) is 59.6 cm³/mol. The summed E-state index contributed by atoms with van der Waals surface area (Å²) >= 11 is 0. The van der Waals surface area contributed by atoms with Crippen LogP contribution in [0.2, 0.25) is 0 Å². The van der Waals surface area contributed by atoms with Gasteiger partial charge in [-0.1, -0.05) is 0 Å². The maximum absolute atomic E-state index is 12.2. The number of anilines is 1. The Hall–Kier alpha value is -1.69. The molecule has 17 heavy (non-hydrogen) atoms. The summed E-state index contributed by atoms with van der Waals surface area (Å²) in [6.07, 6.45) is 2.52. The van der Waals surface area contributed by atoms with Gasteiger partial charge >= 0.3 is 0 Å². The van der Waals surface area contributed by atoms with Crippen LogP contribution in [-0.2, 0) is 22.6 Å². The van der Waals surface area contributed by atoms with Gasteiger partial charge in [-0.05, 0) is 6.42 Å². The van der Waals surface area contributed by atoms with Crippen molar-refractivity contribution in [3.8, 4) is 0 Å². The number of ether oxygens (including phenoxy) is 1. The Balaban J connectivity index is 1.75. The van der Waals surface area contributed by atoms with Crippen molar-refractivity contribution >= 4 is 11.9 Å². The number of nitrogens with zero attached hydrogens (tertiary/aromatic N) is 3. The van der Waals surface area contributed by atoms with Gasteiger partial charge in [0.1, 0.15) is 0 Å². The second-order valence-electron chi connectivity index (χ2n) is 4.45. The van der Waals surface area contributed by atoms with E-state index in [2.05, 4.69) is 9.97 Å². The number of hydrogen-bond acceptors (Lipinski definition) is 5. The lowest BCUT2D eigenvalue weighted by molar-refractivity contribution is -0.136. The minimum atomic E-state index is 0.00891. The van der Waals surface area contributed by atoms with Crippen LogP contribution in [0, 0.1) is 5.92 Å². The molecule has 1 unspecified atom stereocenters. The average molecular weight is 234 g/mol. The Bertz CT molecular complexity index is 457. The highest BCUT2D eigenvalue weighted by Crippen LogP contribution is 2.24. The first-order valence-corrected chi connectivity index (χ1v) is 5.71. The van der Waals surface area contributed by atoms with Crippen LogP contribution >= 0.6 is 0 Å². The van der Waals surface area contributed by atoms with Crippen molar-refractivity contribution in [3.63, 3.8) is 0 Å². The number of aromatic nitrogens is 2. The summed E-state index contributed by atoms with van der Waals surface area (Å²) in [5.41, 5.74) is 7.39. The van der Waals surface area contributed by atoms with Crippen molar-refractivity contribution in [3.05, 3.63) is 17.5 Å². The first-order valence-electron chi connectivity index (χ1n) is 5.71. The van der Waals surface area contributed by atoms with Crippen molar-refractivity contribution in [1.82, 2.24) is 14.9 Å². The third-order valence-corrected chi connectivity index (χ3v) is 3.27. The van der Waals surface area contributed by atoms with Gasteiger partial charge in [-0.25, -0.2) is 9.97 Å². The van der Waals surface area contributed by atoms with E-state index in [9.17, 15) is 4.79 Å². The summed E-state index contributed by atoms with van der Waals surface area (Å²) in [7, 11) is 0. The van der Waals surface area contributed by atoms with Gasteiger partial charge in [0.15, 0.2) is 0 Å². The predicted octanol–water partition coefficient (Wildman–Crippen LogP) is -0.0625. The number of fused-ring (bicyclic) bond motifs is 1.